The Morgan fingerprint density at radius 3 is 2.56 bits per heavy atom. The fraction of sp³-hybridized carbons (Fsp3) is 0.273. The van der Waals surface area contributed by atoms with Crippen molar-refractivity contribution < 1.29 is 9.18 Å². The lowest BCUT2D eigenvalue weighted by atomic mass is 10.1. The maximum Gasteiger partial charge on any atom is 0.254 e. The van der Waals surface area contributed by atoms with Crippen LogP contribution in [-0.2, 0) is 6.54 Å². The maximum atomic E-state index is 13.6. The number of benzene rings is 2. The average Bonchev–Trinajstić information content (AvgIpc) is 2.63. The molecular weight excluding hydrogens is 341 g/mol. The normalized spacial score (nSPS) is 11.1. The molecule has 0 N–H and O–H groups in total. The molecule has 3 rings (SSSR count). The number of pyridine rings is 1. The highest BCUT2D eigenvalue weighted by molar-refractivity contribution is 6.06. The van der Waals surface area contributed by atoms with E-state index in [-0.39, 0.29) is 11.7 Å². The first-order valence-electron chi connectivity index (χ1n) is 8.99. The predicted octanol–water partition coefficient (Wildman–Crippen LogP) is 3.89. The van der Waals surface area contributed by atoms with E-state index in [2.05, 4.69) is 4.98 Å². The van der Waals surface area contributed by atoms with Crippen LogP contribution in [0, 0.1) is 12.7 Å². The third-order valence-electron chi connectivity index (χ3n) is 4.44. The molecule has 1 amide bonds. The molecule has 0 radical (unpaired) electrons. The maximum absolute atomic E-state index is 13.6. The second-order valence-electron chi connectivity index (χ2n) is 6.99. The first-order valence-corrected chi connectivity index (χ1v) is 8.99. The molecule has 0 aliphatic heterocycles. The minimum atomic E-state index is -0.294. The van der Waals surface area contributed by atoms with Gasteiger partial charge in [0.1, 0.15) is 5.82 Å². The van der Waals surface area contributed by atoms with Gasteiger partial charge in [-0.15, -0.1) is 0 Å². The molecule has 27 heavy (non-hydrogen) atoms. The molecule has 4 nitrogen and oxygen atoms in total. The SMILES string of the molecule is Cc1cc(C(=O)N(CCN(C)C)Cc2cccc(F)c2)c2ccccc2n1. The quantitative estimate of drug-likeness (QED) is 0.665. The molecule has 0 fully saturated rings. The third-order valence-corrected chi connectivity index (χ3v) is 4.44. The van der Waals surface area contributed by atoms with Crippen LogP contribution in [0.3, 0.4) is 0 Å². The van der Waals surface area contributed by atoms with Crippen LogP contribution in [0.4, 0.5) is 4.39 Å². The lowest BCUT2D eigenvalue weighted by Crippen LogP contribution is -2.36. The standard InChI is InChI=1S/C22H24FN3O/c1-16-13-20(19-9-4-5-10-21(19)24-16)22(27)26(12-11-25(2)3)15-17-7-6-8-18(23)14-17/h4-10,13-14H,11-12,15H2,1-3H3. The number of amides is 1. The lowest BCUT2D eigenvalue weighted by Gasteiger charge is -2.25. The summed E-state index contributed by atoms with van der Waals surface area (Å²) in [6.45, 7) is 3.53. The van der Waals surface area contributed by atoms with Gasteiger partial charge in [-0.1, -0.05) is 30.3 Å². The molecule has 0 spiro atoms. The van der Waals surface area contributed by atoms with Crippen molar-refractivity contribution in [1.82, 2.24) is 14.8 Å². The van der Waals surface area contributed by atoms with Gasteiger partial charge in [-0.3, -0.25) is 9.78 Å². The number of halogens is 1. The van der Waals surface area contributed by atoms with E-state index >= 15 is 0 Å². The molecule has 0 saturated heterocycles. The largest absolute Gasteiger partial charge is 0.333 e. The molecular formula is C22H24FN3O. The molecule has 0 unspecified atom stereocenters. The van der Waals surface area contributed by atoms with Crippen LogP contribution in [0.1, 0.15) is 21.6 Å². The Labute approximate surface area is 159 Å². The Balaban J connectivity index is 1.97. The van der Waals surface area contributed by atoms with Crippen molar-refractivity contribution in [1.29, 1.82) is 0 Å². The van der Waals surface area contributed by atoms with Crippen molar-refractivity contribution in [2.45, 2.75) is 13.5 Å². The summed E-state index contributed by atoms with van der Waals surface area (Å²) in [6, 6.07) is 15.9. The summed E-state index contributed by atoms with van der Waals surface area (Å²) in [5.74, 6) is -0.361. The van der Waals surface area contributed by atoms with E-state index in [4.69, 9.17) is 0 Å². The Bertz CT molecular complexity index is 955. The van der Waals surface area contributed by atoms with Gasteiger partial charge in [0.15, 0.2) is 0 Å². The minimum Gasteiger partial charge on any atom is -0.333 e. The highest BCUT2D eigenvalue weighted by atomic mass is 19.1. The minimum absolute atomic E-state index is 0.0668. The van der Waals surface area contributed by atoms with Crippen LogP contribution in [0.5, 0.6) is 0 Å². The van der Waals surface area contributed by atoms with Crippen molar-refractivity contribution >= 4 is 16.8 Å². The summed E-state index contributed by atoms with van der Waals surface area (Å²) in [7, 11) is 3.94. The Hall–Kier alpha value is -2.79. The Morgan fingerprint density at radius 2 is 1.81 bits per heavy atom. The molecule has 0 aliphatic rings. The molecule has 1 heterocycles. The van der Waals surface area contributed by atoms with Crippen molar-refractivity contribution in [2.75, 3.05) is 27.2 Å². The van der Waals surface area contributed by atoms with Crippen LogP contribution in [0.25, 0.3) is 10.9 Å². The summed E-state index contributed by atoms with van der Waals surface area (Å²) in [4.78, 5) is 21.7. The van der Waals surface area contributed by atoms with Crippen molar-refractivity contribution in [3.63, 3.8) is 0 Å². The fourth-order valence-electron chi connectivity index (χ4n) is 3.08. The molecule has 0 aliphatic carbocycles. The fourth-order valence-corrected chi connectivity index (χ4v) is 3.08. The van der Waals surface area contributed by atoms with Gasteiger partial charge in [0.25, 0.3) is 5.91 Å². The lowest BCUT2D eigenvalue weighted by molar-refractivity contribution is 0.0733. The Kier molecular flexibility index (Phi) is 5.81. The van der Waals surface area contributed by atoms with Crippen LogP contribution in [0.15, 0.2) is 54.6 Å². The van der Waals surface area contributed by atoms with Crippen molar-refractivity contribution in [3.05, 3.63) is 77.2 Å². The monoisotopic (exact) mass is 365 g/mol. The number of nitrogens with zero attached hydrogens (tertiary/aromatic N) is 3. The number of hydrogen-bond donors (Lipinski definition) is 0. The summed E-state index contributed by atoms with van der Waals surface area (Å²) in [6.07, 6.45) is 0. The number of carbonyl (C=O) groups excluding carboxylic acids is 1. The van der Waals surface area contributed by atoms with E-state index in [0.29, 0.717) is 18.7 Å². The number of aromatic nitrogens is 1. The second-order valence-corrected chi connectivity index (χ2v) is 6.99. The molecule has 2 aromatic carbocycles. The molecule has 5 heteroatoms. The zero-order valence-corrected chi connectivity index (χ0v) is 15.9. The number of fused-ring (bicyclic) bond motifs is 1. The highest BCUT2D eigenvalue weighted by Crippen LogP contribution is 2.21. The van der Waals surface area contributed by atoms with Gasteiger partial charge >= 0.3 is 0 Å². The van der Waals surface area contributed by atoms with Gasteiger partial charge in [0.2, 0.25) is 0 Å². The summed E-state index contributed by atoms with van der Waals surface area (Å²) >= 11 is 0. The number of likely N-dealkylation sites (N-methyl/N-ethyl adjacent to an activating group) is 1. The average molecular weight is 365 g/mol. The van der Waals surface area contributed by atoms with Gasteiger partial charge in [-0.25, -0.2) is 4.39 Å². The van der Waals surface area contributed by atoms with Gasteiger partial charge in [-0.2, -0.15) is 0 Å². The van der Waals surface area contributed by atoms with E-state index in [1.807, 2.05) is 62.3 Å². The second kappa shape index (κ2) is 8.27. The number of hydrogen-bond acceptors (Lipinski definition) is 3. The highest BCUT2D eigenvalue weighted by Gasteiger charge is 2.19. The smallest absolute Gasteiger partial charge is 0.254 e. The molecule has 1 aromatic heterocycles. The molecule has 0 saturated carbocycles. The number of carbonyl (C=O) groups is 1. The van der Waals surface area contributed by atoms with Gasteiger partial charge < -0.3 is 9.80 Å². The summed E-state index contributed by atoms with van der Waals surface area (Å²) in [5.41, 5.74) is 3.01. The molecule has 140 valence electrons. The Morgan fingerprint density at radius 1 is 1.04 bits per heavy atom. The van der Waals surface area contributed by atoms with Gasteiger partial charge in [-0.05, 0) is 50.8 Å². The summed E-state index contributed by atoms with van der Waals surface area (Å²) < 4.78 is 13.6. The summed E-state index contributed by atoms with van der Waals surface area (Å²) in [5, 5.41) is 0.835. The van der Waals surface area contributed by atoms with Gasteiger partial charge in [0.05, 0.1) is 11.1 Å². The molecule has 3 aromatic rings. The van der Waals surface area contributed by atoms with Crippen molar-refractivity contribution in [2.24, 2.45) is 0 Å². The van der Waals surface area contributed by atoms with E-state index in [1.165, 1.54) is 12.1 Å². The third kappa shape index (κ3) is 4.68. The zero-order valence-electron chi connectivity index (χ0n) is 15.9. The van der Waals surface area contributed by atoms with Crippen molar-refractivity contribution in [3.8, 4) is 0 Å². The first-order chi connectivity index (χ1) is 12.9. The van der Waals surface area contributed by atoms with Crippen LogP contribution >= 0.6 is 0 Å². The van der Waals surface area contributed by atoms with Crippen LogP contribution < -0.4 is 0 Å². The number of aryl methyl sites for hydroxylation is 1. The van der Waals surface area contributed by atoms with Gasteiger partial charge in [0, 0.05) is 30.7 Å². The molecule has 0 atom stereocenters. The first kappa shape index (κ1) is 19.0. The number of rotatable bonds is 6. The van der Waals surface area contributed by atoms with Crippen LogP contribution in [0.2, 0.25) is 0 Å². The topological polar surface area (TPSA) is 36.4 Å². The van der Waals surface area contributed by atoms with E-state index in [0.717, 1.165) is 28.7 Å². The van der Waals surface area contributed by atoms with Crippen LogP contribution in [-0.4, -0.2) is 47.9 Å². The van der Waals surface area contributed by atoms with E-state index in [9.17, 15) is 9.18 Å². The van der Waals surface area contributed by atoms with E-state index in [1.54, 1.807) is 11.0 Å². The number of para-hydroxylation sites is 1. The molecule has 0 bridgehead atoms. The zero-order chi connectivity index (χ0) is 19.4. The van der Waals surface area contributed by atoms with E-state index < -0.39 is 0 Å². The predicted molar refractivity (Wildman–Crippen MR) is 106 cm³/mol.